The second kappa shape index (κ2) is 37.8. The molecule has 2 unspecified atom stereocenters. The molecule has 0 amide bonds. The Labute approximate surface area is 332 Å². The molecular formula is C49H96O4. The minimum absolute atomic E-state index is 0.498. The van der Waals surface area contributed by atoms with Crippen LogP contribution in [0.1, 0.15) is 291 Å². The zero-order chi connectivity index (χ0) is 39.1. The number of carbonyl (C=O) groups is 2. The van der Waals surface area contributed by atoms with E-state index >= 15 is 0 Å². The highest BCUT2D eigenvalue weighted by molar-refractivity contribution is 5.75. The number of unbranched alkanes of at least 4 members (excludes halogenated alkanes) is 30. The van der Waals surface area contributed by atoms with Crippen LogP contribution < -0.4 is 0 Å². The van der Waals surface area contributed by atoms with Crippen LogP contribution in [0.25, 0.3) is 0 Å². The minimum atomic E-state index is -0.525. The van der Waals surface area contributed by atoms with Crippen molar-refractivity contribution >= 4 is 11.9 Å². The van der Waals surface area contributed by atoms with Crippen molar-refractivity contribution in [2.24, 2.45) is 10.8 Å². The maximum atomic E-state index is 12.7. The lowest BCUT2D eigenvalue weighted by atomic mass is 9.74. The van der Waals surface area contributed by atoms with E-state index in [4.69, 9.17) is 0 Å². The summed E-state index contributed by atoms with van der Waals surface area (Å²) < 4.78 is 0. The van der Waals surface area contributed by atoms with Gasteiger partial charge in [-0.1, -0.05) is 252 Å². The van der Waals surface area contributed by atoms with Gasteiger partial charge in [-0.25, -0.2) is 0 Å². The summed E-state index contributed by atoms with van der Waals surface area (Å²) in [5, 5.41) is 20.9. The van der Waals surface area contributed by atoms with Crippen molar-refractivity contribution in [1.82, 2.24) is 0 Å². The number of hydrogen-bond donors (Lipinski definition) is 2. The van der Waals surface area contributed by atoms with Crippen molar-refractivity contribution < 1.29 is 19.8 Å². The van der Waals surface area contributed by atoms with Gasteiger partial charge in [0.1, 0.15) is 0 Å². The van der Waals surface area contributed by atoms with Crippen LogP contribution in [0.4, 0.5) is 0 Å². The third kappa shape index (κ3) is 28.9. The molecule has 4 heteroatoms. The fourth-order valence-corrected chi connectivity index (χ4v) is 8.88. The Bertz CT molecular complexity index is 731. The Morgan fingerprint density at radius 3 is 0.528 bits per heavy atom. The van der Waals surface area contributed by atoms with Crippen LogP contribution in [0.15, 0.2) is 0 Å². The number of carboxylic acids is 2. The molecule has 0 bridgehead atoms. The monoisotopic (exact) mass is 749 g/mol. The van der Waals surface area contributed by atoms with E-state index in [1.54, 1.807) is 0 Å². The maximum absolute atomic E-state index is 12.7. The molecule has 0 aliphatic heterocycles. The summed E-state index contributed by atoms with van der Waals surface area (Å²) in [5.41, 5.74) is -0.995. The fraction of sp³-hybridized carbons (Fsp3) is 0.959. The number of carboxylic acid groups (broad SMARTS) is 2. The predicted octanol–water partition coefficient (Wildman–Crippen LogP) is 17.2. The van der Waals surface area contributed by atoms with E-state index in [1.165, 1.54) is 186 Å². The molecular weight excluding hydrogens is 653 g/mol. The van der Waals surface area contributed by atoms with Gasteiger partial charge in [-0.05, 0) is 38.5 Å². The highest BCUT2D eigenvalue weighted by atomic mass is 16.4. The van der Waals surface area contributed by atoms with Gasteiger partial charge in [0.05, 0.1) is 10.8 Å². The van der Waals surface area contributed by atoms with Gasteiger partial charge in [0.15, 0.2) is 0 Å². The van der Waals surface area contributed by atoms with Gasteiger partial charge in [0.25, 0.3) is 0 Å². The van der Waals surface area contributed by atoms with Gasteiger partial charge in [0.2, 0.25) is 0 Å². The SMILES string of the molecule is CCCCCCCCCC(CCCCCCC)(CCCCCCCCCCCCCC(CCCCCCC)(CCCCCCCCC)C(=O)O)C(=O)O. The van der Waals surface area contributed by atoms with Crippen LogP contribution >= 0.6 is 0 Å². The Hall–Kier alpha value is -1.06. The van der Waals surface area contributed by atoms with Gasteiger partial charge < -0.3 is 10.2 Å². The topological polar surface area (TPSA) is 74.6 Å². The molecule has 0 radical (unpaired) electrons. The molecule has 4 nitrogen and oxygen atoms in total. The highest BCUT2D eigenvalue weighted by Gasteiger charge is 2.37. The number of aliphatic carboxylic acids is 2. The number of hydrogen-bond acceptors (Lipinski definition) is 2. The minimum Gasteiger partial charge on any atom is -0.481 e. The van der Waals surface area contributed by atoms with Crippen molar-refractivity contribution in [3.05, 3.63) is 0 Å². The quantitative estimate of drug-likeness (QED) is 0.0609. The normalized spacial score (nSPS) is 14.0. The zero-order valence-electron chi connectivity index (χ0n) is 36.7. The van der Waals surface area contributed by atoms with E-state index in [0.717, 1.165) is 77.0 Å². The summed E-state index contributed by atoms with van der Waals surface area (Å²) in [4.78, 5) is 25.4. The first kappa shape index (κ1) is 51.9. The average molecular weight is 749 g/mol. The van der Waals surface area contributed by atoms with Gasteiger partial charge in [-0.2, -0.15) is 0 Å². The molecule has 0 aliphatic rings. The molecule has 0 aromatic heterocycles. The lowest BCUT2D eigenvalue weighted by Gasteiger charge is -2.30. The summed E-state index contributed by atoms with van der Waals surface area (Å²) in [6.45, 7) is 9.00. The lowest BCUT2D eigenvalue weighted by molar-refractivity contribution is -0.151. The van der Waals surface area contributed by atoms with E-state index in [-0.39, 0.29) is 0 Å². The molecule has 0 rings (SSSR count). The second-order valence-corrected chi connectivity index (χ2v) is 17.6. The van der Waals surface area contributed by atoms with Gasteiger partial charge in [-0.15, -0.1) is 0 Å². The first-order valence-electron chi connectivity index (χ1n) is 24.3. The van der Waals surface area contributed by atoms with Crippen LogP contribution in [0.5, 0.6) is 0 Å². The molecule has 53 heavy (non-hydrogen) atoms. The van der Waals surface area contributed by atoms with Crippen molar-refractivity contribution in [2.75, 3.05) is 0 Å². The first-order valence-corrected chi connectivity index (χ1v) is 24.3. The lowest BCUT2D eigenvalue weighted by Crippen LogP contribution is -2.31. The Kier molecular flexibility index (Phi) is 37.1. The van der Waals surface area contributed by atoms with Gasteiger partial charge in [-0.3, -0.25) is 9.59 Å². The maximum Gasteiger partial charge on any atom is 0.309 e. The predicted molar refractivity (Wildman–Crippen MR) is 232 cm³/mol. The van der Waals surface area contributed by atoms with Crippen molar-refractivity contribution in [1.29, 1.82) is 0 Å². The fourth-order valence-electron chi connectivity index (χ4n) is 8.88. The molecule has 0 fully saturated rings. The molecule has 0 aromatic carbocycles. The first-order chi connectivity index (χ1) is 25.8. The second-order valence-electron chi connectivity index (χ2n) is 17.6. The molecule has 0 spiro atoms. The van der Waals surface area contributed by atoms with Crippen LogP contribution in [0, 0.1) is 10.8 Å². The molecule has 2 atom stereocenters. The van der Waals surface area contributed by atoms with E-state index < -0.39 is 22.8 Å². The molecule has 0 aromatic rings. The zero-order valence-corrected chi connectivity index (χ0v) is 36.7. The van der Waals surface area contributed by atoms with Gasteiger partial charge >= 0.3 is 11.9 Å². The van der Waals surface area contributed by atoms with Crippen LogP contribution in [-0.4, -0.2) is 22.2 Å². The standard InChI is InChI=1S/C49H96O4/c1-5-9-13-17-24-30-36-42-48(46(50)51,40-34-28-15-11-7-3)44-38-32-26-22-20-19-21-23-27-33-39-45-49(47(52)53,41-35-29-16-12-8-4)43-37-31-25-18-14-10-6-2/h5-45H2,1-4H3,(H,50,51)(H,52,53). The summed E-state index contributed by atoms with van der Waals surface area (Å²) in [7, 11) is 0. The molecule has 316 valence electrons. The van der Waals surface area contributed by atoms with Gasteiger partial charge in [0, 0.05) is 0 Å². The summed E-state index contributed by atoms with van der Waals surface area (Å²) in [5.74, 6) is -1.05. The molecule has 0 saturated carbocycles. The van der Waals surface area contributed by atoms with Crippen molar-refractivity contribution in [3.63, 3.8) is 0 Å². The van der Waals surface area contributed by atoms with E-state index in [2.05, 4.69) is 27.7 Å². The third-order valence-electron chi connectivity index (χ3n) is 12.8. The van der Waals surface area contributed by atoms with E-state index in [1.807, 2.05) is 0 Å². The molecule has 0 heterocycles. The third-order valence-corrected chi connectivity index (χ3v) is 12.8. The average Bonchev–Trinajstić information content (AvgIpc) is 3.14. The van der Waals surface area contributed by atoms with E-state index in [0.29, 0.717) is 0 Å². The largest absolute Gasteiger partial charge is 0.481 e. The Balaban J connectivity index is 4.47. The molecule has 0 aliphatic carbocycles. The number of rotatable bonds is 44. The highest BCUT2D eigenvalue weighted by Crippen LogP contribution is 2.39. The van der Waals surface area contributed by atoms with Crippen LogP contribution in [0.3, 0.4) is 0 Å². The summed E-state index contributed by atoms with van der Waals surface area (Å²) in [6, 6.07) is 0. The van der Waals surface area contributed by atoms with E-state index in [9.17, 15) is 19.8 Å². The molecule has 2 N–H and O–H groups in total. The molecule has 0 saturated heterocycles. The van der Waals surface area contributed by atoms with Crippen molar-refractivity contribution in [2.45, 2.75) is 291 Å². The van der Waals surface area contributed by atoms with Crippen LogP contribution in [-0.2, 0) is 9.59 Å². The smallest absolute Gasteiger partial charge is 0.309 e. The van der Waals surface area contributed by atoms with Crippen molar-refractivity contribution in [3.8, 4) is 0 Å². The Morgan fingerprint density at radius 2 is 0.396 bits per heavy atom. The van der Waals surface area contributed by atoms with Crippen LogP contribution in [0.2, 0.25) is 0 Å². The Morgan fingerprint density at radius 1 is 0.264 bits per heavy atom. The summed E-state index contributed by atoms with van der Waals surface area (Å²) in [6.07, 6.45) is 48.1. The summed E-state index contributed by atoms with van der Waals surface area (Å²) >= 11 is 0.